The number of rotatable bonds is 6. The number of hydrogen-bond acceptors (Lipinski definition) is 6. The molecule has 3 N–H and O–H groups in total. The highest BCUT2D eigenvalue weighted by atomic mass is 32.2. The third-order valence-corrected chi connectivity index (χ3v) is 3.64. The van der Waals surface area contributed by atoms with Gasteiger partial charge in [0.15, 0.2) is 0 Å². The molecule has 8 nitrogen and oxygen atoms in total. The molecule has 0 fully saturated rings. The van der Waals surface area contributed by atoms with Crippen molar-refractivity contribution in [2.75, 3.05) is 11.9 Å². The van der Waals surface area contributed by atoms with Crippen LogP contribution in [-0.4, -0.2) is 34.9 Å². The van der Waals surface area contributed by atoms with Gasteiger partial charge < -0.3 is 10.3 Å². The monoisotopic (exact) mass is 282 g/mol. The largest absolute Gasteiger partial charge is 0.355 e. The first-order valence-corrected chi connectivity index (χ1v) is 7.13. The highest BCUT2D eigenvalue weighted by molar-refractivity contribution is 7.89. The maximum Gasteiger partial charge on any atom is 0.243 e. The van der Waals surface area contributed by atoms with Crippen LogP contribution in [0.2, 0.25) is 0 Å². The molecular weight excluding hydrogens is 268 g/mol. The zero-order valence-corrected chi connectivity index (χ0v) is 11.1. The Balaban J connectivity index is 2.06. The van der Waals surface area contributed by atoms with E-state index in [4.69, 9.17) is 0 Å². The topological polar surface area (TPSA) is 113 Å². The molecule has 2 heterocycles. The summed E-state index contributed by atoms with van der Waals surface area (Å²) in [7, 11) is -3.62. The van der Waals surface area contributed by atoms with Crippen LogP contribution in [0.4, 0.5) is 5.95 Å². The van der Waals surface area contributed by atoms with Gasteiger partial charge in [0.05, 0.1) is 25.3 Å². The Morgan fingerprint density at radius 2 is 2.00 bits per heavy atom. The molecule has 19 heavy (non-hydrogen) atoms. The lowest BCUT2D eigenvalue weighted by molar-refractivity contribution is 0.579. The third kappa shape index (κ3) is 3.48. The summed E-state index contributed by atoms with van der Waals surface area (Å²) in [6.07, 6.45) is 5.56. The highest BCUT2D eigenvalue weighted by Gasteiger charge is 2.15. The van der Waals surface area contributed by atoms with Gasteiger partial charge in [-0.05, 0) is 6.92 Å². The van der Waals surface area contributed by atoms with Crippen molar-refractivity contribution in [1.82, 2.24) is 24.7 Å². The van der Waals surface area contributed by atoms with Crippen LogP contribution in [0, 0.1) is 0 Å². The third-order valence-electron chi connectivity index (χ3n) is 2.28. The van der Waals surface area contributed by atoms with E-state index in [0.717, 1.165) is 0 Å². The fourth-order valence-electron chi connectivity index (χ4n) is 1.34. The number of anilines is 1. The maximum absolute atomic E-state index is 12.0. The van der Waals surface area contributed by atoms with E-state index < -0.39 is 10.0 Å². The second-order valence-electron chi connectivity index (χ2n) is 3.67. The van der Waals surface area contributed by atoms with Crippen LogP contribution in [0.15, 0.2) is 29.8 Å². The minimum absolute atomic E-state index is 0.0219. The molecular formula is C10H14N6O2S. The Bertz CT molecular complexity index is 608. The van der Waals surface area contributed by atoms with Gasteiger partial charge in [0, 0.05) is 18.4 Å². The van der Waals surface area contributed by atoms with Crippen LogP contribution in [0.1, 0.15) is 12.6 Å². The Morgan fingerprint density at radius 1 is 1.26 bits per heavy atom. The van der Waals surface area contributed by atoms with E-state index in [0.29, 0.717) is 18.2 Å². The first-order chi connectivity index (χ1) is 9.12. The molecule has 0 radical (unpaired) electrons. The van der Waals surface area contributed by atoms with E-state index in [9.17, 15) is 8.42 Å². The normalized spacial score (nSPS) is 11.4. The Labute approximate surface area is 110 Å². The summed E-state index contributed by atoms with van der Waals surface area (Å²) in [5, 5.41) is 2.89. The van der Waals surface area contributed by atoms with Crippen molar-refractivity contribution in [2.24, 2.45) is 0 Å². The highest BCUT2D eigenvalue weighted by Crippen LogP contribution is 2.07. The van der Waals surface area contributed by atoms with Gasteiger partial charge in [-0.25, -0.2) is 28.1 Å². The zero-order valence-electron chi connectivity index (χ0n) is 10.3. The number of imidazole rings is 1. The summed E-state index contributed by atoms with van der Waals surface area (Å²) in [5.41, 5.74) is 0.675. The molecule has 2 aromatic rings. The second-order valence-corrected chi connectivity index (χ2v) is 5.44. The van der Waals surface area contributed by atoms with Gasteiger partial charge >= 0.3 is 0 Å². The molecule has 9 heteroatoms. The summed E-state index contributed by atoms with van der Waals surface area (Å²) in [6.45, 7) is 2.71. The molecule has 0 aliphatic rings. The van der Waals surface area contributed by atoms with E-state index >= 15 is 0 Å². The lowest BCUT2D eigenvalue weighted by Crippen LogP contribution is -2.23. The summed E-state index contributed by atoms with van der Waals surface area (Å²) in [5.74, 6) is 0.398. The quantitative estimate of drug-likeness (QED) is 0.693. The number of aromatic nitrogens is 4. The van der Waals surface area contributed by atoms with Gasteiger partial charge in [0.2, 0.25) is 16.0 Å². The number of sulfonamides is 1. The molecule has 0 saturated heterocycles. The van der Waals surface area contributed by atoms with E-state index in [1.807, 2.05) is 6.92 Å². The van der Waals surface area contributed by atoms with Crippen molar-refractivity contribution in [3.05, 3.63) is 30.6 Å². The van der Waals surface area contributed by atoms with Crippen molar-refractivity contribution in [2.45, 2.75) is 18.4 Å². The lowest BCUT2D eigenvalue weighted by atomic mass is 10.5. The second kappa shape index (κ2) is 5.76. The summed E-state index contributed by atoms with van der Waals surface area (Å²) >= 11 is 0. The van der Waals surface area contributed by atoms with Gasteiger partial charge in [-0.3, -0.25) is 0 Å². The molecule has 0 saturated carbocycles. The molecule has 0 aromatic carbocycles. The van der Waals surface area contributed by atoms with Crippen LogP contribution in [-0.2, 0) is 16.6 Å². The molecule has 102 valence electrons. The number of hydrogen-bond donors (Lipinski definition) is 3. The van der Waals surface area contributed by atoms with Crippen LogP contribution >= 0.6 is 0 Å². The number of nitrogens with one attached hydrogen (secondary N) is 3. The van der Waals surface area contributed by atoms with E-state index in [1.165, 1.54) is 18.7 Å². The van der Waals surface area contributed by atoms with Gasteiger partial charge in [0.1, 0.15) is 4.90 Å². The zero-order chi connectivity index (χ0) is 13.7. The van der Waals surface area contributed by atoms with Crippen LogP contribution in [0.25, 0.3) is 0 Å². The van der Waals surface area contributed by atoms with Crippen LogP contribution in [0.5, 0.6) is 0 Å². The van der Waals surface area contributed by atoms with Crippen molar-refractivity contribution < 1.29 is 8.42 Å². The maximum atomic E-state index is 12.0. The average molecular weight is 282 g/mol. The standard InChI is InChI=1S/C10H14N6O2S/c1-2-12-10-13-5-9(6-14-10)19(17,18)16-4-8-3-11-7-15-8/h3,5-7,16H,2,4H2,1H3,(H,11,15)(H,12,13,14). The number of aromatic amines is 1. The molecule has 0 bridgehead atoms. The molecule has 2 aromatic heterocycles. The molecule has 0 spiro atoms. The molecule has 0 amide bonds. The van der Waals surface area contributed by atoms with Crippen molar-refractivity contribution in [1.29, 1.82) is 0 Å². The first-order valence-electron chi connectivity index (χ1n) is 5.64. The predicted molar refractivity (Wildman–Crippen MR) is 68.8 cm³/mol. The molecule has 0 atom stereocenters. The average Bonchev–Trinajstić information content (AvgIpc) is 2.91. The van der Waals surface area contributed by atoms with Gasteiger partial charge in [-0.15, -0.1) is 0 Å². The Kier molecular flexibility index (Phi) is 4.07. The predicted octanol–water partition coefficient (Wildman–Crippen LogP) is 0.110. The minimum Gasteiger partial charge on any atom is -0.355 e. The first kappa shape index (κ1) is 13.4. The van der Waals surface area contributed by atoms with Crippen molar-refractivity contribution in [3.8, 4) is 0 Å². The number of nitrogens with zero attached hydrogens (tertiary/aromatic N) is 3. The van der Waals surface area contributed by atoms with Gasteiger partial charge in [-0.2, -0.15) is 0 Å². The Morgan fingerprint density at radius 3 is 2.58 bits per heavy atom. The van der Waals surface area contributed by atoms with Gasteiger partial charge in [-0.1, -0.05) is 0 Å². The SMILES string of the molecule is CCNc1ncc(S(=O)(=O)NCc2cnc[nH]2)cn1. The molecule has 0 aliphatic heterocycles. The van der Waals surface area contributed by atoms with E-state index in [2.05, 4.69) is 30.0 Å². The Hall–Kier alpha value is -2.00. The molecule has 2 rings (SSSR count). The summed E-state index contributed by atoms with van der Waals surface area (Å²) in [6, 6.07) is 0. The van der Waals surface area contributed by atoms with Crippen LogP contribution < -0.4 is 10.0 Å². The molecule has 0 unspecified atom stereocenters. The van der Waals surface area contributed by atoms with Gasteiger partial charge in [0.25, 0.3) is 0 Å². The molecule has 0 aliphatic carbocycles. The minimum atomic E-state index is -3.62. The van der Waals surface area contributed by atoms with Crippen molar-refractivity contribution in [3.63, 3.8) is 0 Å². The summed E-state index contributed by atoms with van der Waals surface area (Å²) < 4.78 is 26.3. The fourth-order valence-corrected chi connectivity index (χ4v) is 2.24. The van der Waals surface area contributed by atoms with Crippen LogP contribution in [0.3, 0.4) is 0 Å². The van der Waals surface area contributed by atoms with E-state index in [-0.39, 0.29) is 11.4 Å². The lowest BCUT2D eigenvalue weighted by Gasteiger charge is -2.06. The summed E-state index contributed by atoms with van der Waals surface area (Å²) in [4.78, 5) is 14.5. The number of H-pyrrole nitrogens is 1. The van der Waals surface area contributed by atoms with E-state index in [1.54, 1.807) is 6.20 Å². The smallest absolute Gasteiger partial charge is 0.243 e. The van der Waals surface area contributed by atoms with Crippen molar-refractivity contribution >= 4 is 16.0 Å². The fraction of sp³-hybridized carbons (Fsp3) is 0.300.